The molecule has 0 bridgehead atoms. The van der Waals surface area contributed by atoms with Crippen molar-refractivity contribution in [3.05, 3.63) is 33.0 Å². The van der Waals surface area contributed by atoms with Gasteiger partial charge in [0.1, 0.15) is 16.7 Å². The minimum atomic E-state index is -0.421. The van der Waals surface area contributed by atoms with Gasteiger partial charge in [0, 0.05) is 25.8 Å². The average Bonchev–Trinajstić information content (AvgIpc) is 3.10. The summed E-state index contributed by atoms with van der Waals surface area (Å²) in [7, 11) is 0. The van der Waals surface area contributed by atoms with Crippen molar-refractivity contribution in [1.29, 1.82) is 5.26 Å². The monoisotopic (exact) mass is 337 g/mol. The van der Waals surface area contributed by atoms with Gasteiger partial charge in [0.05, 0.1) is 5.25 Å². The molecule has 1 N–H and O–H groups in total. The van der Waals surface area contributed by atoms with Crippen molar-refractivity contribution in [3.8, 4) is 6.07 Å². The number of rotatable bonds is 5. The zero-order chi connectivity index (χ0) is 16.1. The first-order valence-corrected chi connectivity index (χ1v) is 8.81. The Morgan fingerprint density at radius 3 is 2.86 bits per heavy atom. The van der Waals surface area contributed by atoms with E-state index in [4.69, 9.17) is 0 Å². The van der Waals surface area contributed by atoms with Crippen molar-refractivity contribution in [3.63, 3.8) is 0 Å². The van der Waals surface area contributed by atoms with E-state index in [1.165, 1.54) is 16.7 Å². The van der Waals surface area contributed by atoms with Crippen LogP contribution in [-0.2, 0) is 16.0 Å². The molecular formula is C15H19N3O2S2. The Labute approximate surface area is 139 Å². The SMILES string of the molecule is CCNC(=O)/C(C#N)=C1\SC(Cc2cccs2)C(=O)N1CC.[HH]. The summed E-state index contributed by atoms with van der Waals surface area (Å²) >= 11 is 2.92. The molecule has 2 heterocycles. The van der Waals surface area contributed by atoms with E-state index < -0.39 is 5.91 Å². The lowest BCUT2D eigenvalue weighted by molar-refractivity contribution is -0.127. The molecule has 2 amide bonds. The van der Waals surface area contributed by atoms with Crippen molar-refractivity contribution in [2.75, 3.05) is 13.1 Å². The van der Waals surface area contributed by atoms with Crippen LogP contribution < -0.4 is 5.32 Å². The number of thioether (sulfide) groups is 1. The predicted molar refractivity (Wildman–Crippen MR) is 90.2 cm³/mol. The van der Waals surface area contributed by atoms with Gasteiger partial charge in [-0.2, -0.15) is 5.26 Å². The van der Waals surface area contributed by atoms with E-state index in [1.54, 1.807) is 18.3 Å². The first-order chi connectivity index (χ1) is 10.6. The summed E-state index contributed by atoms with van der Waals surface area (Å²) in [6, 6.07) is 5.89. The molecule has 7 heteroatoms. The number of hydrogen-bond donors (Lipinski definition) is 1. The summed E-state index contributed by atoms with van der Waals surface area (Å²) < 4.78 is 0. The summed E-state index contributed by atoms with van der Waals surface area (Å²) in [6.07, 6.45) is 0.620. The highest BCUT2D eigenvalue weighted by Crippen LogP contribution is 2.39. The molecule has 22 heavy (non-hydrogen) atoms. The first-order valence-electron chi connectivity index (χ1n) is 7.05. The minimum Gasteiger partial charge on any atom is -0.352 e. The zero-order valence-corrected chi connectivity index (χ0v) is 14.1. The molecule has 5 nitrogen and oxygen atoms in total. The highest BCUT2D eigenvalue weighted by atomic mass is 32.2. The van der Waals surface area contributed by atoms with E-state index in [2.05, 4.69) is 5.32 Å². The second-order valence-corrected chi connectivity index (χ2v) is 6.85. The Bertz CT molecular complexity index is 638. The predicted octanol–water partition coefficient (Wildman–Crippen LogP) is 2.37. The molecule has 2 rings (SSSR count). The van der Waals surface area contributed by atoms with Crippen LogP contribution in [0.4, 0.5) is 0 Å². The lowest BCUT2D eigenvalue weighted by Crippen LogP contribution is -2.31. The molecule has 1 saturated heterocycles. The van der Waals surface area contributed by atoms with Gasteiger partial charge in [-0.25, -0.2) is 0 Å². The van der Waals surface area contributed by atoms with Crippen LogP contribution >= 0.6 is 23.1 Å². The Hall–Kier alpha value is -1.78. The fourth-order valence-corrected chi connectivity index (χ4v) is 4.42. The Morgan fingerprint density at radius 2 is 2.32 bits per heavy atom. The van der Waals surface area contributed by atoms with Gasteiger partial charge in [-0.1, -0.05) is 17.8 Å². The van der Waals surface area contributed by atoms with Crippen LogP contribution in [0.5, 0.6) is 0 Å². The van der Waals surface area contributed by atoms with Gasteiger partial charge < -0.3 is 10.2 Å². The lowest BCUT2D eigenvalue weighted by atomic mass is 10.2. The molecular weight excluding hydrogens is 318 g/mol. The third-order valence-electron chi connectivity index (χ3n) is 3.21. The van der Waals surface area contributed by atoms with Gasteiger partial charge in [-0.15, -0.1) is 11.3 Å². The number of carbonyl (C=O) groups is 2. The van der Waals surface area contributed by atoms with Gasteiger partial charge in [-0.3, -0.25) is 9.59 Å². The Balaban J connectivity index is 0.00000264. The highest BCUT2D eigenvalue weighted by molar-refractivity contribution is 8.04. The van der Waals surface area contributed by atoms with E-state index >= 15 is 0 Å². The van der Waals surface area contributed by atoms with Crippen LogP contribution in [-0.4, -0.2) is 35.1 Å². The summed E-state index contributed by atoms with van der Waals surface area (Å²) in [4.78, 5) is 27.2. The maximum Gasteiger partial charge on any atom is 0.264 e. The normalized spacial score (nSPS) is 20.0. The lowest BCUT2D eigenvalue weighted by Gasteiger charge is -2.15. The van der Waals surface area contributed by atoms with Crippen LogP contribution in [0.2, 0.25) is 0 Å². The second kappa shape index (κ2) is 7.47. The summed E-state index contributed by atoms with van der Waals surface area (Å²) in [5.41, 5.74) is 0.0238. The molecule has 1 unspecified atom stereocenters. The number of nitrogens with zero attached hydrogens (tertiary/aromatic N) is 2. The molecule has 0 saturated carbocycles. The number of likely N-dealkylation sites (N-methyl/N-ethyl adjacent to an activating group) is 1. The fraction of sp³-hybridized carbons (Fsp3) is 0.400. The van der Waals surface area contributed by atoms with E-state index in [0.29, 0.717) is 24.5 Å². The largest absolute Gasteiger partial charge is 0.352 e. The molecule has 0 radical (unpaired) electrons. The highest BCUT2D eigenvalue weighted by Gasteiger charge is 2.38. The molecule has 1 atom stereocenters. The van der Waals surface area contributed by atoms with Crippen molar-refractivity contribution < 1.29 is 11.0 Å². The van der Waals surface area contributed by atoms with E-state index in [-0.39, 0.29) is 18.2 Å². The Morgan fingerprint density at radius 1 is 1.55 bits per heavy atom. The zero-order valence-electron chi connectivity index (χ0n) is 12.5. The topological polar surface area (TPSA) is 73.2 Å². The smallest absolute Gasteiger partial charge is 0.264 e. The van der Waals surface area contributed by atoms with Crippen LogP contribution in [0, 0.1) is 11.3 Å². The third-order valence-corrected chi connectivity index (χ3v) is 5.41. The second-order valence-electron chi connectivity index (χ2n) is 4.62. The minimum absolute atomic E-state index is 0. The molecule has 1 aromatic rings. The summed E-state index contributed by atoms with van der Waals surface area (Å²) in [5, 5.41) is 14.1. The van der Waals surface area contributed by atoms with Crippen LogP contribution in [0.25, 0.3) is 0 Å². The van der Waals surface area contributed by atoms with Gasteiger partial charge in [0.2, 0.25) is 5.91 Å². The molecule has 1 aliphatic heterocycles. The van der Waals surface area contributed by atoms with Crippen LogP contribution in [0.3, 0.4) is 0 Å². The summed E-state index contributed by atoms with van der Waals surface area (Å²) in [6.45, 7) is 4.54. The fourth-order valence-electron chi connectivity index (χ4n) is 2.20. The molecule has 0 spiro atoms. The Kier molecular flexibility index (Phi) is 5.63. The number of hydrogen-bond acceptors (Lipinski definition) is 5. The maximum atomic E-state index is 12.5. The molecule has 0 aliphatic carbocycles. The van der Waals surface area contributed by atoms with Crippen molar-refractivity contribution in [1.82, 2.24) is 10.2 Å². The van der Waals surface area contributed by atoms with Gasteiger partial charge in [0.25, 0.3) is 5.91 Å². The molecule has 118 valence electrons. The van der Waals surface area contributed by atoms with Crippen LogP contribution in [0.15, 0.2) is 28.1 Å². The van der Waals surface area contributed by atoms with Crippen molar-refractivity contribution >= 4 is 34.9 Å². The number of nitrogens with one attached hydrogen (secondary N) is 1. The number of amides is 2. The maximum absolute atomic E-state index is 12.5. The molecule has 1 aromatic heterocycles. The average molecular weight is 337 g/mol. The number of carbonyl (C=O) groups excluding carboxylic acids is 2. The molecule has 0 aromatic carbocycles. The molecule has 1 fully saturated rings. The quantitative estimate of drug-likeness (QED) is 0.661. The van der Waals surface area contributed by atoms with Gasteiger partial charge in [-0.05, 0) is 25.3 Å². The number of thiophene rings is 1. The van der Waals surface area contributed by atoms with Gasteiger partial charge in [0.15, 0.2) is 0 Å². The van der Waals surface area contributed by atoms with Gasteiger partial charge >= 0.3 is 0 Å². The van der Waals surface area contributed by atoms with E-state index in [1.807, 2.05) is 30.5 Å². The van der Waals surface area contributed by atoms with Crippen LogP contribution in [0.1, 0.15) is 20.2 Å². The van der Waals surface area contributed by atoms with E-state index in [9.17, 15) is 14.9 Å². The summed E-state index contributed by atoms with van der Waals surface area (Å²) in [5.74, 6) is -0.455. The molecule has 1 aliphatic rings. The number of nitriles is 1. The first kappa shape index (κ1) is 16.6. The van der Waals surface area contributed by atoms with E-state index in [0.717, 1.165) is 4.88 Å². The van der Waals surface area contributed by atoms with Crippen molar-refractivity contribution in [2.24, 2.45) is 0 Å². The third kappa shape index (κ3) is 3.34. The van der Waals surface area contributed by atoms with Crippen molar-refractivity contribution in [2.45, 2.75) is 25.5 Å². The standard InChI is InChI=1S/C15H17N3O2S2.H2/c1-3-17-13(19)11(9-16)15-18(4-2)14(20)12(22-15)8-10-6-5-7-21-10;/h5-7,12H,3-4,8H2,1-2H3,(H,17,19);1H/b15-11-;.